The van der Waals surface area contributed by atoms with Crippen molar-refractivity contribution < 1.29 is 80.2 Å². The fourth-order valence-corrected chi connectivity index (χ4v) is 10.9. The lowest BCUT2D eigenvalue weighted by Gasteiger charge is -2.21. The van der Waals surface area contributed by atoms with Crippen LogP contribution in [0.1, 0.15) is 259 Å². The van der Waals surface area contributed by atoms with Crippen LogP contribution in [0.5, 0.6) is 0 Å². The quantitative estimate of drug-likeness (QED) is 0.0169. The van der Waals surface area contributed by atoms with Crippen molar-refractivity contribution in [3.8, 4) is 0 Å². The Morgan fingerprint density at radius 3 is 0.731 bits per heavy atom. The second kappa shape index (κ2) is 75.1. The van der Waals surface area contributed by atoms with Gasteiger partial charge in [-0.1, -0.05) is 248 Å². The van der Waals surface area contributed by atoms with Gasteiger partial charge in [-0.05, 0) is 180 Å². The number of phosphoric acid groups is 2. The molecule has 19 heteroatoms. The molecule has 0 saturated heterocycles. The van der Waals surface area contributed by atoms with E-state index < -0.39 is 97.5 Å². The Balaban J connectivity index is 5.50. The van der Waals surface area contributed by atoms with Gasteiger partial charge in [-0.15, -0.1) is 0 Å². The van der Waals surface area contributed by atoms with Gasteiger partial charge < -0.3 is 33.8 Å². The van der Waals surface area contributed by atoms with Crippen molar-refractivity contribution >= 4 is 39.5 Å². The van der Waals surface area contributed by atoms with Crippen molar-refractivity contribution in [3.63, 3.8) is 0 Å². The first kappa shape index (κ1) is 97.9. The number of rotatable bonds is 70. The summed E-state index contributed by atoms with van der Waals surface area (Å²) in [5, 5.41) is 10.6. The third kappa shape index (κ3) is 74.2. The number of esters is 4. The standard InChI is InChI=1S/C85H134O17P2/c1-5-9-13-17-21-25-29-33-37-39-43-45-49-53-57-61-65-69-82(87)95-75-80(101-84(89)71-67-63-59-55-51-47-41-35-31-27-23-19-15-11-7-3)77-99-103(91,92)97-73-79(86)74-98-104(93,94)100-78-81(102-85(90)72-68-64-60-56-52-48-42-36-32-28-24-20-16-12-8-4)76-96-83(88)70-66-62-58-54-50-46-44-40-38-34-30-26-22-18-14-10-6-2/h9-16,21-28,33-38,41-46,51-52,55-56,79-81,86H,5-8,17-20,29-32,39-40,47-50,53-54,57-78H2,1-4H3,(H,91,92)(H,93,94)/b13-9-,14-10-,15-11-,16-12-,25-21-,26-22-,27-23-,28-24-,37-33-,38-34-,41-35-,42-36-,45-43-,46-44-,55-51-,56-52-. The first-order valence-corrected chi connectivity index (χ1v) is 41.7. The number of carbonyl (C=O) groups excluding carboxylic acids is 4. The fourth-order valence-electron chi connectivity index (χ4n) is 9.30. The summed E-state index contributed by atoms with van der Waals surface area (Å²) in [6, 6.07) is 0. The molecule has 586 valence electrons. The molecule has 4 atom stereocenters. The minimum Gasteiger partial charge on any atom is -0.462 e. The van der Waals surface area contributed by atoms with Gasteiger partial charge in [0.2, 0.25) is 0 Å². The minimum absolute atomic E-state index is 0.0273. The SMILES string of the molecule is CC/C=C\C/C=C\C/C=C\C/C=C\CCCCCCC(=O)OCC(COP(=O)(O)OCC(O)COP(=O)(O)OCC(COC(=O)CCCCCC/C=C\C/C=C\C/C=C\C/C=C\CC)OC(=O)CCCC/C=C\C/C=C\C/C=C\C/C=C\CC)OC(=O)CCCC/C=C\C/C=C\C/C=C\C/C=C\CC. The molecule has 0 aromatic rings. The Bertz CT molecular complexity index is 2560. The molecule has 0 aliphatic carbocycles. The van der Waals surface area contributed by atoms with Crippen LogP contribution in [-0.4, -0.2) is 96.7 Å². The Labute approximate surface area is 627 Å². The lowest BCUT2D eigenvalue weighted by molar-refractivity contribution is -0.161. The molecule has 0 rings (SSSR count). The molecule has 0 radical (unpaired) electrons. The third-order valence-corrected chi connectivity index (χ3v) is 16.9. The predicted molar refractivity (Wildman–Crippen MR) is 426 cm³/mol. The van der Waals surface area contributed by atoms with E-state index in [0.29, 0.717) is 38.5 Å². The molecule has 0 aliphatic heterocycles. The van der Waals surface area contributed by atoms with Gasteiger partial charge in [0, 0.05) is 25.7 Å². The van der Waals surface area contributed by atoms with Crippen LogP contribution in [0.15, 0.2) is 194 Å². The van der Waals surface area contributed by atoms with E-state index in [-0.39, 0.29) is 25.7 Å². The van der Waals surface area contributed by atoms with Crippen LogP contribution in [0, 0.1) is 0 Å². The molecule has 0 saturated carbocycles. The van der Waals surface area contributed by atoms with Gasteiger partial charge in [-0.25, -0.2) is 9.13 Å². The van der Waals surface area contributed by atoms with E-state index in [0.717, 1.165) is 167 Å². The van der Waals surface area contributed by atoms with Crippen LogP contribution in [0.2, 0.25) is 0 Å². The van der Waals surface area contributed by atoms with E-state index in [1.165, 1.54) is 0 Å². The number of aliphatic hydroxyl groups excluding tert-OH is 1. The summed E-state index contributed by atoms with van der Waals surface area (Å²) >= 11 is 0. The summed E-state index contributed by atoms with van der Waals surface area (Å²) in [6.45, 7) is 4.22. The minimum atomic E-state index is -5.01. The van der Waals surface area contributed by atoms with Crippen LogP contribution in [0.3, 0.4) is 0 Å². The maximum atomic E-state index is 13.1. The molecule has 0 amide bonds. The second-order valence-corrected chi connectivity index (χ2v) is 27.7. The van der Waals surface area contributed by atoms with Gasteiger partial charge in [0.15, 0.2) is 12.2 Å². The van der Waals surface area contributed by atoms with Gasteiger partial charge in [-0.3, -0.25) is 37.3 Å². The van der Waals surface area contributed by atoms with E-state index in [9.17, 15) is 43.2 Å². The lowest BCUT2D eigenvalue weighted by atomic mass is 10.1. The van der Waals surface area contributed by atoms with Crippen LogP contribution in [-0.2, 0) is 65.4 Å². The highest BCUT2D eigenvalue weighted by atomic mass is 31.2. The number of carbonyl (C=O) groups is 4. The average molecular weight is 1490 g/mol. The highest BCUT2D eigenvalue weighted by Gasteiger charge is 2.30. The van der Waals surface area contributed by atoms with E-state index >= 15 is 0 Å². The van der Waals surface area contributed by atoms with Crippen molar-refractivity contribution in [2.24, 2.45) is 0 Å². The molecule has 0 aromatic carbocycles. The Morgan fingerprint density at radius 1 is 0.269 bits per heavy atom. The highest BCUT2D eigenvalue weighted by molar-refractivity contribution is 7.47. The number of hydrogen-bond acceptors (Lipinski definition) is 15. The maximum absolute atomic E-state index is 13.1. The third-order valence-electron chi connectivity index (χ3n) is 15.0. The van der Waals surface area contributed by atoms with Crippen LogP contribution in [0.25, 0.3) is 0 Å². The molecule has 0 heterocycles. The summed E-state index contributed by atoms with van der Waals surface area (Å²) < 4.78 is 68.4. The molecule has 0 fully saturated rings. The highest BCUT2D eigenvalue weighted by Crippen LogP contribution is 2.45. The van der Waals surface area contributed by atoms with Crippen molar-refractivity contribution in [2.45, 2.75) is 277 Å². The molecule has 0 aromatic heterocycles. The Morgan fingerprint density at radius 2 is 0.471 bits per heavy atom. The first-order valence-electron chi connectivity index (χ1n) is 38.7. The van der Waals surface area contributed by atoms with E-state index in [1.54, 1.807) is 0 Å². The van der Waals surface area contributed by atoms with Crippen molar-refractivity contribution in [1.82, 2.24) is 0 Å². The summed E-state index contributed by atoms with van der Waals surface area (Å²) in [4.78, 5) is 73.0. The largest absolute Gasteiger partial charge is 0.472 e. The summed E-state index contributed by atoms with van der Waals surface area (Å²) in [7, 11) is -10.0. The van der Waals surface area contributed by atoms with Crippen molar-refractivity contribution in [3.05, 3.63) is 194 Å². The fraction of sp³-hybridized carbons (Fsp3) is 0.576. The monoisotopic (exact) mass is 1490 g/mol. The predicted octanol–water partition coefficient (Wildman–Crippen LogP) is 22.5. The molecule has 0 aliphatic rings. The summed E-state index contributed by atoms with van der Waals surface area (Å²) in [5.41, 5.74) is 0. The molecular weight excluding hydrogens is 1350 g/mol. The van der Waals surface area contributed by atoms with Crippen LogP contribution >= 0.6 is 15.6 Å². The van der Waals surface area contributed by atoms with Crippen LogP contribution < -0.4 is 0 Å². The molecule has 0 spiro atoms. The number of phosphoric ester groups is 2. The number of hydrogen-bond donors (Lipinski definition) is 3. The van der Waals surface area contributed by atoms with Crippen LogP contribution in [0.4, 0.5) is 0 Å². The Hall–Kier alpha value is -6.10. The molecule has 104 heavy (non-hydrogen) atoms. The summed E-state index contributed by atoms with van der Waals surface area (Å²) in [6.07, 6.45) is 91.4. The van der Waals surface area contributed by atoms with E-state index in [2.05, 4.69) is 222 Å². The topological polar surface area (TPSA) is 237 Å². The number of unbranched alkanes of at least 4 members (excludes halogenated alkanes) is 12. The van der Waals surface area contributed by atoms with Gasteiger partial charge in [0.05, 0.1) is 26.4 Å². The normalized spacial score (nSPS) is 15.0. The van der Waals surface area contributed by atoms with E-state index in [1.807, 2.05) is 0 Å². The lowest BCUT2D eigenvalue weighted by Crippen LogP contribution is -2.30. The zero-order chi connectivity index (χ0) is 76.0. The number of aliphatic hydroxyl groups is 1. The van der Waals surface area contributed by atoms with Gasteiger partial charge in [0.25, 0.3) is 0 Å². The average Bonchev–Trinajstić information content (AvgIpc) is 0.937. The summed E-state index contributed by atoms with van der Waals surface area (Å²) in [5.74, 6) is -2.35. The number of ether oxygens (including phenoxy) is 4. The van der Waals surface area contributed by atoms with Gasteiger partial charge in [0.1, 0.15) is 19.3 Å². The zero-order valence-electron chi connectivity index (χ0n) is 63.9. The molecule has 3 N–H and O–H groups in total. The van der Waals surface area contributed by atoms with Crippen molar-refractivity contribution in [1.29, 1.82) is 0 Å². The van der Waals surface area contributed by atoms with Gasteiger partial charge >= 0.3 is 39.5 Å². The molecule has 0 bridgehead atoms. The number of allylic oxidation sites excluding steroid dienone is 32. The maximum Gasteiger partial charge on any atom is 0.472 e. The zero-order valence-corrected chi connectivity index (χ0v) is 65.6. The molecular formula is C85H134O17P2. The molecule has 4 unspecified atom stereocenters. The van der Waals surface area contributed by atoms with E-state index in [4.69, 9.17) is 37.0 Å². The Kier molecular flexibility index (Phi) is 70.7. The smallest absolute Gasteiger partial charge is 0.462 e. The van der Waals surface area contributed by atoms with Gasteiger partial charge in [-0.2, -0.15) is 0 Å². The second-order valence-electron chi connectivity index (χ2n) is 24.8. The first-order chi connectivity index (χ1) is 50.7. The molecule has 17 nitrogen and oxygen atoms in total. The van der Waals surface area contributed by atoms with Crippen molar-refractivity contribution in [2.75, 3.05) is 39.6 Å².